The SMILES string of the molecule is C#CCN1C(=O)COc2ccc(-n3c(OCF)nc(C(F)(F)F)cc3=O)nc21. The fourth-order valence-electron chi connectivity index (χ4n) is 2.41. The van der Waals surface area contributed by atoms with E-state index < -0.39 is 36.2 Å². The van der Waals surface area contributed by atoms with Crippen LogP contribution in [-0.2, 0) is 11.0 Å². The van der Waals surface area contributed by atoms with Gasteiger partial charge < -0.3 is 9.47 Å². The van der Waals surface area contributed by atoms with Crippen LogP contribution in [0.25, 0.3) is 5.82 Å². The number of aromatic nitrogens is 3. The first kappa shape index (κ1) is 19.2. The molecule has 0 radical (unpaired) electrons. The number of alkyl halides is 4. The maximum Gasteiger partial charge on any atom is 0.433 e. The van der Waals surface area contributed by atoms with Crippen LogP contribution in [-0.4, -0.2) is 40.5 Å². The minimum Gasteiger partial charge on any atom is -0.480 e. The number of fused-ring (bicyclic) bond motifs is 1. The minimum atomic E-state index is -4.94. The zero-order valence-corrected chi connectivity index (χ0v) is 13.9. The normalized spacial score (nSPS) is 13.5. The molecular weight excluding hydrogens is 388 g/mol. The number of carbonyl (C=O) groups is 1. The first-order valence-electron chi connectivity index (χ1n) is 7.54. The number of ether oxygens (including phenoxy) is 2. The molecule has 0 unspecified atom stereocenters. The lowest BCUT2D eigenvalue weighted by Crippen LogP contribution is -2.40. The summed E-state index contributed by atoms with van der Waals surface area (Å²) in [5, 5.41) is 0. The van der Waals surface area contributed by atoms with Crippen molar-refractivity contribution >= 4 is 11.7 Å². The van der Waals surface area contributed by atoms with Gasteiger partial charge in [0.05, 0.1) is 6.54 Å². The lowest BCUT2D eigenvalue weighted by molar-refractivity contribution is -0.141. The molecule has 8 nitrogen and oxygen atoms in total. The van der Waals surface area contributed by atoms with Crippen LogP contribution in [0.15, 0.2) is 23.0 Å². The molecule has 12 heteroatoms. The molecule has 0 fully saturated rings. The van der Waals surface area contributed by atoms with E-state index in [1.165, 1.54) is 12.1 Å². The Labute approximate surface area is 154 Å². The predicted octanol–water partition coefficient (Wildman–Crippen LogP) is 1.31. The van der Waals surface area contributed by atoms with Gasteiger partial charge in [0.1, 0.15) is 5.82 Å². The Balaban J connectivity index is 2.18. The second-order valence-corrected chi connectivity index (χ2v) is 5.31. The van der Waals surface area contributed by atoms with E-state index in [9.17, 15) is 27.2 Å². The van der Waals surface area contributed by atoms with Crippen molar-refractivity contribution in [3.63, 3.8) is 0 Å². The fraction of sp³-hybridized carbons (Fsp3) is 0.250. The average molecular weight is 398 g/mol. The second kappa shape index (κ2) is 7.18. The molecular formula is C16H10F4N4O4. The van der Waals surface area contributed by atoms with Crippen LogP contribution in [0.5, 0.6) is 11.8 Å². The predicted molar refractivity (Wildman–Crippen MR) is 85.9 cm³/mol. The minimum absolute atomic E-state index is 0.0512. The summed E-state index contributed by atoms with van der Waals surface area (Å²) >= 11 is 0. The van der Waals surface area contributed by atoms with E-state index in [1.54, 1.807) is 0 Å². The van der Waals surface area contributed by atoms with E-state index >= 15 is 0 Å². The van der Waals surface area contributed by atoms with Crippen molar-refractivity contribution in [3.05, 3.63) is 34.2 Å². The molecule has 28 heavy (non-hydrogen) atoms. The monoisotopic (exact) mass is 398 g/mol. The highest BCUT2D eigenvalue weighted by Crippen LogP contribution is 2.32. The first-order valence-corrected chi connectivity index (χ1v) is 7.54. The van der Waals surface area contributed by atoms with Gasteiger partial charge in [-0.05, 0) is 12.1 Å². The summed E-state index contributed by atoms with van der Waals surface area (Å²) in [4.78, 5) is 32.5. The third-order valence-corrected chi connectivity index (χ3v) is 3.57. The van der Waals surface area contributed by atoms with Crippen molar-refractivity contribution in [2.75, 3.05) is 24.9 Å². The van der Waals surface area contributed by atoms with Crippen molar-refractivity contribution < 1.29 is 31.8 Å². The van der Waals surface area contributed by atoms with Gasteiger partial charge in [-0.25, -0.2) is 13.9 Å². The van der Waals surface area contributed by atoms with Crippen molar-refractivity contribution in [2.24, 2.45) is 0 Å². The summed E-state index contributed by atoms with van der Waals surface area (Å²) in [6.07, 6.45) is 0.283. The van der Waals surface area contributed by atoms with Crippen molar-refractivity contribution in [1.82, 2.24) is 14.5 Å². The maximum absolute atomic E-state index is 12.9. The Bertz CT molecular complexity index is 1030. The first-order chi connectivity index (χ1) is 13.3. The molecule has 0 atom stereocenters. The van der Waals surface area contributed by atoms with Gasteiger partial charge in [-0.15, -0.1) is 6.42 Å². The van der Waals surface area contributed by atoms with Gasteiger partial charge in [0, 0.05) is 6.07 Å². The fourth-order valence-corrected chi connectivity index (χ4v) is 2.41. The molecule has 3 rings (SSSR count). The molecule has 0 aliphatic carbocycles. The molecule has 1 amide bonds. The average Bonchev–Trinajstić information content (AvgIpc) is 2.63. The highest BCUT2D eigenvalue weighted by molar-refractivity contribution is 5.97. The largest absolute Gasteiger partial charge is 0.480 e. The molecule has 2 aromatic heterocycles. The number of nitrogens with zero attached hydrogens (tertiary/aromatic N) is 4. The molecule has 3 heterocycles. The van der Waals surface area contributed by atoms with Gasteiger partial charge in [-0.2, -0.15) is 18.2 Å². The van der Waals surface area contributed by atoms with Crippen molar-refractivity contribution in [3.8, 4) is 29.9 Å². The molecule has 0 N–H and O–H groups in total. The highest BCUT2D eigenvalue weighted by atomic mass is 19.4. The molecule has 1 aliphatic heterocycles. The summed E-state index contributed by atoms with van der Waals surface area (Å²) in [6.45, 7) is -1.98. The van der Waals surface area contributed by atoms with Gasteiger partial charge in [0.15, 0.2) is 23.9 Å². The Hall–Kier alpha value is -3.62. The smallest absolute Gasteiger partial charge is 0.433 e. The molecule has 0 spiro atoms. The topological polar surface area (TPSA) is 86.5 Å². The number of carbonyl (C=O) groups excluding carboxylic acids is 1. The van der Waals surface area contributed by atoms with Crippen LogP contribution in [0.1, 0.15) is 5.69 Å². The molecule has 0 bridgehead atoms. The third kappa shape index (κ3) is 3.46. The summed E-state index contributed by atoms with van der Waals surface area (Å²) in [6, 6.07) is 1.80. The molecule has 1 aliphatic rings. The van der Waals surface area contributed by atoms with E-state index in [4.69, 9.17) is 11.2 Å². The molecule has 0 saturated carbocycles. The van der Waals surface area contributed by atoms with Gasteiger partial charge in [-0.1, -0.05) is 5.92 Å². The van der Waals surface area contributed by atoms with Crippen LogP contribution >= 0.6 is 0 Å². The summed E-state index contributed by atoms with van der Waals surface area (Å²) in [7, 11) is 0. The highest BCUT2D eigenvalue weighted by Gasteiger charge is 2.35. The third-order valence-electron chi connectivity index (χ3n) is 3.57. The standard InChI is InChI=1S/C16H10F4N4O4/c1-2-5-23-13(26)7-27-9-3-4-11(22-14(9)23)24-12(25)6-10(16(18,19)20)21-15(24)28-8-17/h1,3-4,6H,5,7-8H2. The van der Waals surface area contributed by atoms with Gasteiger partial charge in [0.2, 0.25) is 6.86 Å². The number of rotatable bonds is 4. The lowest BCUT2D eigenvalue weighted by atomic mass is 10.3. The van der Waals surface area contributed by atoms with Crippen LogP contribution in [0.2, 0.25) is 0 Å². The summed E-state index contributed by atoms with van der Waals surface area (Å²) in [5.74, 6) is 1.60. The van der Waals surface area contributed by atoms with Crippen molar-refractivity contribution in [2.45, 2.75) is 6.18 Å². The number of pyridine rings is 1. The molecule has 146 valence electrons. The molecule has 0 saturated heterocycles. The number of anilines is 1. The lowest BCUT2D eigenvalue weighted by Gasteiger charge is -2.27. The molecule has 0 aromatic carbocycles. The Kier molecular flexibility index (Phi) is 4.91. The Morgan fingerprint density at radius 2 is 2.04 bits per heavy atom. The van der Waals surface area contributed by atoms with E-state index in [0.29, 0.717) is 4.57 Å². The maximum atomic E-state index is 12.9. The van der Waals surface area contributed by atoms with Crippen LogP contribution in [0.4, 0.5) is 23.4 Å². The van der Waals surface area contributed by atoms with Gasteiger partial charge in [-0.3, -0.25) is 14.5 Å². The second-order valence-electron chi connectivity index (χ2n) is 5.31. The number of amides is 1. The van der Waals surface area contributed by atoms with Crippen LogP contribution in [0, 0.1) is 12.3 Å². The van der Waals surface area contributed by atoms with Crippen LogP contribution < -0.4 is 19.9 Å². The van der Waals surface area contributed by atoms with Crippen LogP contribution in [0.3, 0.4) is 0 Å². The zero-order chi connectivity index (χ0) is 20.5. The van der Waals surface area contributed by atoms with E-state index in [2.05, 4.69) is 20.6 Å². The Morgan fingerprint density at radius 1 is 1.29 bits per heavy atom. The van der Waals surface area contributed by atoms with E-state index in [1.807, 2.05) is 0 Å². The quantitative estimate of drug-likeness (QED) is 0.570. The van der Waals surface area contributed by atoms with Gasteiger partial charge >= 0.3 is 12.2 Å². The van der Waals surface area contributed by atoms with E-state index in [0.717, 1.165) is 4.90 Å². The van der Waals surface area contributed by atoms with Gasteiger partial charge in [0.25, 0.3) is 11.5 Å². The number of hydrogen-bond acceptors (Lipinski definition) is 6. The van der Waals surface area contributed by atoms with E-state index in [-0.39, 0.29) is 36.6 Å². The summed E-state index contributed by atoms with van der Waals surface area (Å²) < 4.78 is 61.4. The summed E-state index contributed by atoms with van der Waals surface area (Å²) in [5.41, 5.74) is -2.77. The number of terminal acetylenes is 1. The number of halogens is 4. The zero-order valence-electron chi connectivity index (χ0n) is 13.9. The Morgan fingerprint density at radius 3 is 2.68 bits per heavy atom. The molecule has 2 aromatic rings. The van der Waals surface area contributed by atoms with Crippen molar-refractivity contribution in [1.29, 1.82) is 0 Å². The number of hydrogen-bond donors (Lipinski definition) is 0.